The molecule has 0 bridgehead atoms. The third kappa shape index (κ3) is 2.31. The number of hydrogen-bond donors (Lipinski definition) is 3. The molecule has 1 saturated heterocycles. The van der Waals surface area contributed by atoms with Crippen LogP contribution in [-0.4, -0.2) is 38.6 Å². The fraction of sp³-hybridized carbons (Fsp3) is 0.600. The molecule has 0 aliphatic carbocycles. The molecule has 3 N–H and O–H groups in total. The molecular weight excluding hydrogens is 228 g/mol. The second-order valence-electron chi connectivity index (χ2n) is 4.14. The van der Waals surface area contributed by atoms with Crippen molar-refractivity contribution in [3.05, 3.63) is 32.6 Å². The normalized spacial score (nSPS) is 29.2. The highest BCUT2D eigenvalue weighted by Gasteiger charge is 2.29. The van der Waals surface area contributed by atoms with Crippen LogP contribution in [0.1, 0.15) is 18.2 Å². The van der Waals surface area contributed by atoms with Gasteiger partial charge in [-0.05, 0) is 6.92 Å². The largest absolute Gasteiger partial charge is 0.390 e. The summed E-state index contributed by atoms with van der Waals surface area (Å²) in [6.07, 6.45) is -1.06. The van der Waals surface area contributed by atoms with Gasteiger partial charge in [0.25, 0.3) is 5.56 Å². The van der Waals surface area contributed by atoms with Crippen molar-refractivity contribution >= 4 is 0 Å². The van der Waals surface area contributed by atoms with E-state index in [9.17, 15) is 19.8 Å². The third-order valence-electron chi connectivity index (χ3n) is 2.80. The zero-order valence-electron chi connectivity index (χ0n) is 9.29. The molecule has 94 valence electrons. The van der Waals surface area contributed by atoms with Gasteiger partial charge < -0.3 is 14.9 Å². The van der Waals surface area contributed by atoms with Gasteiger partial charge in [0.15, 0.2) is 0 Å². The molecule has 0 amide bonds. The number of aliphatic hydroxyl groups is 2. The second-order valence-corrected chi connectivity index (χ2v) is 4.14. The molecule has 1 aliphatic rings. The Balaban J connectivity index is 2.32. The lowest BCUT2D eigenvalue weighted by molar-refractivity contribution is -0.146. The molecule has 7 nitrogen and oxygen atoms in total. The van der Waals surface area contributed by atoms with Crippen molar-refractivity contribution in [2.75, 3.05) is 6.61 Å². The first-order valence-corrected chi connectivity index (χ1v) is 5.29. The molecule has 1 aromatic rings. The number of ether oxygens (including phenoxy) is 1. The molecule has 1 fully saturated rings. The van der Waals surface area contributed by atoms with Crippen LogP contribution in [0.4, 0.5) is 0 Å². The second kappa shape index (κ2) is 4.44. The van der Waals surface area contributed by atoms with Crippen LogP contribution in [0.5, 0.6) is 0 Å². The average Bonchev–Trinajstić information content (AvgIpc) is 2.27. The summed E-state index contributed by atoms with van der Waals surface area (Å²) in [7, 11) is 0. The van der Waals surface area contributed by atoms with Gasteiger partial charge >= 0.3 is 5.69 Å². The van der Waals surface area contributed by atoms with E-state index >= 15 is 0 Å². The summed E-state index contributed by atoms with van der Waals surface area (Å²) in [5, 5.41) is 18.8. The van der Waals surface area contributed by atoms with Crippen LogP contribution >= 0.6 is 0 Å². The SMILES string of the molecule is Cc1cn([C@H]2C[C@H](O)[C@H](O)CO2)c(=O)[nH]c1=O. The van der Waals surface area contributed by atoms with E-state index in [2.05, 4.69) is 4.98 Å². The number of aromatic amines is 1. The number of nitrogens with one attached hydrogen (secondary N) is 1. The van der Waals surface area contributed by atoms with E-state index in [1.54, 1.807) is 6.92 Å². The molecule has 0 spiro atoms. The lowest BCUT2D eigenvalue weighted by atomic mass is 10.1. The summed E-state index contributed by atoms with van der Waals surface area (Å²) >= 11 is 0. The molecular formula is C10H14N2O5. The minimum absolute atomic E-state index is 0.0452. The predicted molar refractivity (Wildman–Crippen MR) is 57.7 cm³/mol. The third-order valence-corrected chi connectivity index (χ3v) is 2.80. The minimum Gasteiger partial charge on any atom is -0.390 e. The van der Waals surface area contributed by atoms with Crippen LogP contribution in [0.15, 0.2) is 15.8 Å². The van der Waals surface area contributed by atoms with Gasteiger partial charge in [-0.3, -0.25) is 14.3 Å². The first kappa shape index (κ1) is 12.0. The Labute approximate surface area is 96.3 Å². The quantitative estimate of drug-likeness (QED) is 0.555. The highest BCUT2D eigenvalue weighted by atomic mass is 16.5. The van der Waals surface area contributed by atoms with E-state index in [4.69, 9.17) is 4.74 Å². The molecule has 7 heteroatoms. The highest BCUT2D eigenvalue weighted by Crippen LogP contribution is 2.21. The van der Waals surface area contributed by atoms with Crippen molar-refractivity contribution in [1.82, 2.24) is 9.55 Å². The minimum atomic E-state index is -0.939. The Bertz CT molecular complexity index is 520. The van der Waals surface area contributed by atoms with Crippen molar-refractivity contribution < 1.29 is 14.9 Å². The van der Waals surface area contributed by atoms with E-state index in [0.717, 1.165) is 0 Å². The predicted octanol–water partition coefficient (Wildman–Crippen LogP) is -1.51. The Morgan fingerprint density at radius 1 is 1.41 bits per heavy atom. The maximum atomic E-state index is 11.6. The number of H-pyrrole nitrogens is 1. The van der Waals surface area contributed by atoms with E-state index in [1.165, 1.54) is 10.8 Å². The Morgan fingerprint density at radius 2 is 2.12 bits per heavy atom. The van der Waals surface area contributed by atoms with Crippen LogP contribution in [0.25, 0.3) is 0 Å². The standard InChI is InChI=1S/C10H14N2O5/c1-5-3-12(10(16)11-9(5)15)8-2-6(13)7(14)4-17-8/h3,6-8,13-14H,2,4H2,1H3,(H,11,15,16)/t6-,7+,8+/m0/s1. The van der Waals surface area contributed by atoms with Crippen molar-refractivity contribution in [2.24, 2.45) is 0 Å². The van der Waals surface area contributed by atoms with E-state index < -0.39 is 29.7 Å². The average molecular weight is 242 g/mol. The zero-order valence-corrected chi connectivity index (χ0v) is 9.29. The van der Waals surface area contributed by atoms with Crippen LogP contribution in [0.3, 0.4) is 0 Å². The maximum absolute atomic E-state index is 11.6. The summed E-state index contributed by atoms with van der Waals surface area (Å²) in [5.41, 5.74) is -0.648. The molecule has 0 saturated carbocycles. The van der Waals surface area contributed by atoms with Gasteiger partial charge in [0, 0.05) is 18.2 Å². The summed E-state index contributed by atoms with van der Waals surface area (Å²) < 4.78 is 6.47. The Hall–Kier alpha value is -1.44. The van der Waals surface area contributed by atoms with E-state index in [0.29, 0.717) is 5.56 Å². The fourth-order valence-corrected chi connectivity index (χ4v) is 1.75. The molecule has 1 aliphatic heterocycles. The Kier molecular flexibility index (Phi) is 3.14. The van der Waals surface area contributed by atoms with Crippen LogP contribution < -0.4 is 11.2 Å². The highest BCUT2D eigenvalue weighted by molar-refractivity contribution is 5.01. The topological polar surface area (TPSA) is 105 Å². The van der Waals surface area contributed by atoms with E-state index in [-0.39, 0.29) is 13.0 Å². The van der Waals surface area contributed by atoms with Gasteiger partial charge in [-0.2, -0.15) is 0 Å². The molecule has 0 unspecified atom stereocenters. The summed E-state index contributed by atoms with van der Waals surface area (Å²) in [5.74, 6) is 0. The first-order chi connectivity index (χ1) is 7.99. The summed E-state index contributed by atoms with van der Waals surface area (Å²) in [6.45, 7) is 1.53. The molecule has 1 aromatic heterocycles. The fourth-order valence-electron chi connectivity index (χ4n) is 1.75. The number of rotatable bonds is 1. The number of hydrogen-bond acceptors (Lipinski definition) is 5. The number of aliphatic hydroxyl groups excluding tert-OH is 2. The van der Waals surface area contributed by atoms with Gasteiger partial charge in [0.1, 0.15) is 12.3 Å². The number of aromatic nitrogens is 2. The summed E-state index contributed by atoms with van der Waals surface area (Å²) in [4.78, 5) is 24.9. The van der Waals surface area contributed by atoms with Gasteiger partial charge in [-0.15, -0.1) is 0 Å². The Morgan fingerprint density at radius 3 is 2.76 bits per heavy atom. The molecule has 3 atom stereocenters. The molecule has 0 aromatic carbocycles. The lowest BCUT2D eigenvalue weighted by Gasteiger charge is -2.31. The zero-order chi connectivity index (χ0) is 12.6. The van der Waals surface area contributed by atoms with Crippen LogP contribution in [-0.2, 0) is 4.74 Å². The van der Waals surface area contributed by atoms with Crippen molar-refractivity contribution in [3.63, 3.8) is 0 Å². The van der Waals surface area contributed by atoms with Crippen molar-refractivity contribution in [1.29, 1.82) is 0 Å². The lowest BCUT2D eigenvalue weighted by Crippen LogP contribution is -2.43. The molecule has 2 rings (SSSR count). The first-order valence-electron chi connectivity index (χ1n) is 5.29. The van der Waals surface area contributed by atoms with Crippen LogP contribution in [0.2, 0.25) is 0 Å². The van der Waals surface area contributed by atoms with Gasteiger partial charge in [-0.25, -0.2) is 4.79 Å². The monoisotopic (exact) mass is 242 g/mol. The molecule has 2 heterocycles. The van der Waals surface area contributed by atoms with Crippen LogP contribution in [0, 0.1) is 6.92 Å². The van der Waals surface area contributed by atoms with Gasteiger partial charge in [0.05, 0.1) is 12.7 Å². The summed E-state index contributed by atoms with van der Waals surface area (Å²) in [6, 6.07) is 0. The van der Waals surface area contributed by atoms with E-state index in [1.807, 2.05) is 0 Å². The number of nitrogens with zero attached hydrogens (tertiary/aromatic N) is 1. The smallest absolute Gasteiger partial charge is 0.330 e. The number of aryl methyl sites for hydroxylation is 1. The van der Waals surface area contributed by atoms with Crippen molar-refractivity contribution in [3.8, 4) is 0 Å². The maximum Gasteiger partial charge on any atom is 0.330 e. The van der Waals surface area contributed by atoms with Gasteiger partial charge in [-0.1, -0.05) is 0 Å². The van der Waals surface area contributed by atoms with Gasteiger partial charge in [0.2, 0.25) is 0 Å². The van der Waals surface area contributed by atoms with Crippen molar-refractivity contribution in [2.45, 2.75) is 31.8 Å². The molecule has 17 heavy (non-hydrogen) atoms. The molecule has 0 radical (unpaired) electrons.